The summed E-state index contributed by atoms with van der Waals surface area (Å²) in [4.78, 5) is 20.5. The number of nitrogens with zero attached hydrogens (tertiary/aromatic N) is 2. The molecule has 0 saturated heterocycles. The van der Waals surface area contributed by atoms with Crippen molar-refractivity contribution in [3.05, 3.63) is 21.9 Å². The predicted molar refractivity (Wildman–Crippen MR) is 52.5 cm³/mol. The molecule has 1 aromatic rings. The van der Waals surface area contributed by atoms with Gasteiger partial charge in [0.1, 0.15) is 0 Å². The van der Waals surface area contributed by atoms with Crippen molar-refractivity contribution in [2.75, 3.05) is 6.61 Å². The average Bonchev–Trinajstić information content (AvgIpc) is 2.70. The number of carbonyl (C=O) groups is 1. The fraction of sp³-hybridized carbons (Fsp3) is 0.500. The number of rotatable bonds is 3. The minimum Gasteiger partial charge on any atom is -0.461 e. The second-order valence-corrected chi connectivity index (χ2v) is 2.12. The lowest BCUT2D eigenvalue weighted by Gasteiger charge is -1.93. The molecule has 1 rings (SSSR count). The van der Waals surface area contributed by atoms with Gasteiger partial charge in [-0.15, -0.1) is 5.10 Å². The summed E-state index contributed by atoms with van der Waals surface area (Å²) in [6, 6.07) is 1.03. The van der Waals surface area contributed by atoms with E-state index in [0.29, 0.717) is 0 Å². The van der Waals surface area contributed by atoms with E-state index < -0.39 is 10.9 Å². The van der Waals surface area contributed by atoms with E-state index in [9.17, 15) is 14.9 Å². The first kappa shape index (κ1) is 13.1. The van der Waals surface area contributed by atoms with Crippen LogP contribution in [0.5, 0.6) is 0 Å². The number of hydrogen-bond donors (Lipinski definition) is 1. The summed E-state index contributed by atoms with van der Waals surface area (Å²) in [6.07, 6.45) is 0. The van der Waals surface area contributed by atoms with E-state index in [0.717, 1.165) is 6.07 Å². The first-order chi connectivity index (χ1) is 7.15. The SMILES string of the molecule is CC.CCOC(=O)c1cc([N+](=O)[O-])[nH]n1. The van der Waals surface area contributed by atoms with Crippen molar-refractivity contribution in [2.45, 2.75) is 20.8 Å². The lowest BCUT2D eigenvalue weighted by atomic mass is 10.4. The summed E-state index contributed by atoms with van der Waals surface area (Å²) in [5.41, 5.74) is -0.0893. The third-order valence-corrected chi connectivity index (χ3v) is 1.25. The molecule has 7 heteroatoms. The Morgan fingerprint density at radius 3 is 2.67 bits per heavy atom. The molecule has 0 aromatic carbocycles. The summed E-state index contributed by atoms with van der Waals surface area (Å²) in [7, 11) is 0. The van der Waals surface area contributed by atoms with Crippen molar-refractivity contribution in [3.63, 3.8) is 0 Å². The summed E-state index contributed by atoms with van der Waals surface area (Å²) in [5.74, 6) is -1.00. The van der Waals surface area contributed by atoms with Crippen molar-refractivity contribution in [2.24, 2.45) is 0 Å². The van der Waals surface area contributed by atoms with E-state index >= 15 is 0 Å². The van der Waals surface area contributed by atoms with Crippen molar-refractivity contribution in [1.29, 1.82) is 0 Å². The average molecular weight is 215 g/mol. The van der Waals surface area contributed by atoms with Crippen molar-refractivity contribution >= 4 is 11.8 Å². The number of ether oxygens (including phenoxy) is 1. The fourth-order valence-electron chi connectivity index (χ4n) is 0.715. The summed E-state index contributed by atoms with van der Waals surface area (Å²) < 4.78 is 4.58. The Bertz CT molecular complexity index is 334. The number of esters is 1. The molecule has 15 heavy (non-hydrogen) atoms. The van der Waals surface area contributed by atoms with Gasteiger partial charge in [0.15, 0.2) is 5.69 Å². The fourth-order valence-corrected chi connectivity index (χ4v) is 0.715. The van der Waals surface area contributed by atoms with Crippen LogP contribution < -0.4 is 0 Å². The first-order valence-corrected chi connectivity index (χ1v) is 4.52. The Morgan fingerprint density at radius 2 is 2.27 bits per heavy atom. The number of nitro groups is 1. The van der Waals surface area contributed by atoms with Gasteiger partial charge in [0.05, 0.1) is 12.7 Å². The molecule has 1 heterocycles. The van der Waals surface area contributed by atoms with E-state index in [1.165, 1.54) is 0 Å². The molecule has 0 aliphatic rings. The molecule has 0 aliphatic carbocycles. The molecular formula is C8H13N3O4. The number of nitrogens with one attached hydrogen (secondary N) is 1. The molecule has 0 bridgehead atoms. The number of aromatic nitrogens is 2. The quantitative estimate of drug-likeness (QED) is 0.468. The van der Waals surface area contributed by atoms with Crippen LogP contribution in [0.4, 0.5) is 5.82 Å². The van der Waals surface area contributed by atoms with E-state index in [2.05, 4.69) is 14.9 Å². The van der Waals surface area contributed by atoms with Gasteiger partial charge in [0, 0.05) is 0 Å². The number of aromatic amines is 1. The smallest absolute Gasteiger partial charge is 0.361 e. The lowest BCUT2D eigenvalue weighted by molar-refractivity contribution is -0.389. The highest BCUT2D eigenvalue weighted by atomic mass is 16.6. The predicted octanol–water partition coefficient (Wildman–Crippen LogP) is 1.52. The standard InChI is InChI=1S/C6H7N3O4.C2H6/c1-2-13-6(10)4-3-5(8-7-4)9(11)12;1-2/h3H,2H2,1H3,(H,7,8);1-2H3. The van der Waals surface area contributed by atoms with Gasteiger partial charge in [-0.25, -0.2) is 4.79 Å². The largest absolute Gasteiger partial charge is 0.461 e. The highest BCUT2D eigenvalue weighted by Gasteiger charge is 2.16. The molecule has 0 unspecified atom stereocenters. The van der Waals surface area contributed by atoms with E-state index in [-0.39, 0.29) is 18.1 Å². The topological polar surface area (TPSA) is 98.1 Å². The van der Waals surface area contributed by atoms with Crippen LogP contribution >= 0.6 is 0 Å². The Hall–Kier alpha value is -1.92. The highest BCUT2D eigenvalue weighted by Crippen LogP contribution is 2.08. The van der Waals surface area contributed by atoms with E-state index in [1.54, 1.807) is 6.92 Å². The second kappa shape index (κ2) is 6.52. The summed E-state index contributed by atoms with van der Waals surface area (Å²) in [6.45, 7) is 5.85. The third kappa shape index (κ3) is 3.75. The Morgan fingerprint density at radius 1 is 1.67 bits per heavy atom. The van der Waals surface area contributed by atoms with Crippen LogP contribution in [0.15, 0.2) is 6.07 Å². The van der Waals surface area contributed by atoms with Gasteiger partial charge >= 0.3 is 11.8 Å². The van der Waals surface area contributed by atoms with E-state index in [1.807, 2.05) is 13.8 Å². The maximum atomic E-state index is 11.0. The number of carbonyl (C=O) groups excluding carboxylic acids is 1. The van der Waals surface area contributed by atoms with Crippen molar-refractivity contribution in [1.82, 2.24) is 10.2 Å². The van der Waals surface area contributed by atoms with Crippen LogP contribution in [0.25, 0.3) is 0 Å². The van der Waals surface area contributed by atoms with Crippen LogP contribution in [0, 0.1) is 10.1 Å². The maximum Gasteiger partial charge on any atom is 0.361 e. The monoisotopic (exact) mass is 215 g/mol. The van der Waals surface area contributed by atoms with Crippen LogP contribution in [-0.2, 0) is 4.74 Å². The first-order valence-electron chi connectivity index (χ1n) is 4.52. The number of hydrogen-bond acceptors (Lipinski definition) is 5. The summed E-state index contributed by atoms with van der Waals surface area (Å²) in [5, 5.41) is 15.7. The van der Waals surface area contributed by atoms with Gasteiger partial charge in [-0.2, -0.15) is 0 Å². The molecule has 7 nitrogen and oxygen atoms in total. The van der Waals surface area contributed by atoms with Gasteiger partial charge in [-0.3, -0.25) is 0 Å². The molecule has 0 aliphatic heterocycles. The second-order valence-electron chi connectivity index (χ2n) is 2.12. The zero-order valence-corrected chi connectivity index (χ0v) is 8.81. The Kier molecular flexibility index (Phi) is 5.69. The molecular weight excluding hydrogens is 202 g/mol. The lowest BCUT2D eigenvalue weighted by Crippen LogP contribution is -2.04. The molecule has 1 aromatic heterocycles. The zero-order chi connectivity index (χ0) is 11.8. The zero-order valence-electron chi connectivity index (χ0n) is 8.81. The van der Waals surface area contributed by atoms with Crippen LogP contribution in [-0.4, -0.2) is 27.7 Å². The molecule has 0 saturated carbocycles. The van der Waals surface area contributed by atoms with Crippen molar-refractivity contribution < 1.29 is 14.5 Å². The Balaban J connectivity index is 0.000000921. The molecule has 84 valence electrons. The molecule has 0 fully saturated rings. The maximum absolute atomic E-state index is 11.0. The molecule has 0 atom stereocenters. The van der Waals surface area contributed by atoms with Crippen molar-refractivity contribution in [3.8, 4) is 0 Å². The van der Waals surface area contributed by atoms with Crippen LogP contribution in [0.1, 0.15) is 31.3 Å². The van der Waals surface area contributed by atoms with Gasteiger partial charge in [-0.05, 0) is 11.8 Å². The molecule has 1 N–H and O–H groups in total. The minimum absolute atomic E-state index is 0.0893. The molecule has 0 radical (unpaired) electrons. The normalized spacial score (nSPS) is 8.73. The van der Waals surface area contributed by atoms with Crippen LogP contribution in [0.3, 0.4) is 0 Å². The summed E-state index contributed by atoms with van der Waals surface area (Å²) >= 11 is 0. The van der Waals surface area contributed by atoms with E-state index in [4.69, 9.17) is 0 Å². The molecule has 0 spiro atoms. The van der Waals surface area contributed by atoms with Gasteiger partial charge < -0.3 is 14.9 Å². The van der Waals surface area contributed by atoms with Gasteiger partial charge in [0.2, 0.25) is 0 Å². The van der Waals surface area contributed by atoms with Gasteiger partial charge in [0.25, 0.3) is 0 Å². The highest BCUT2D eigenvalue weighted by molar-refractivity contribution is 5.87. The Labute approximate surface area is 86.6 Å². The van der Waals surface area contributed by atoms with Crippen LogP contribution in [0.2, 0.25) is 0 Å². The minimum atomic E-state index is -0.674. The third-order valence-electron chi connectivity index (χ3n) is 1.25. The number of H-pyrrole nitrogens is 1. The molecule has 0 amide bonds. The van der Waals surface area contributed by atoms with Gasteiger partial charge in [-0.1, -0.05) is 18.9 Å².